The van der Waals surface area contributed by atoms with E-state index in [4.69, 9.17) is 4.42 Å². The summed E-state index contributed by atoms with van der Waals surface area (Å²) < 4.78 is 30.6. The molecule has 3 rings (SSSR count). The Morgan fingerprint density at radius 2 is 2.11 bits per heavy atom. The van der Waals surface area contributed by atoms with Crippen LogP contribution in [-0.2, 0) is 26.0 Å². The molecule has 0 spiro atoms. The number of amides is 2. The molecule has 9 heteroatoms. The highest BCUT2D eigenvalue weighted by Crippen LogP contribution is 2.34. The number of benzene rings is 1. The van der Waals surface area contributed by atoms with Crippen LogP contribution in [0.15, 0.2) is 44.5 Å². The number of furan rings is 1. The van der Waals surface area contributed by atoms with Gasteiger partial charge in [-0.15, -0.1) is 11.8 Å². The van der Waals surface area contributed by atoms with E-state index < -0.39 is 9.84 Å². The van der Waals surface area contributed by atoms with Gasteiger partial charge in [0, 0.05) is 23.0 Å². The quantitative estimate of drug-likeness (QED) is 0.742. The minimum Gasteiger partial charge on any atom is -0.465 e. The van der Waals surface area contributed by atoms with Gasteiger partial charge in [0.25, 0.3) is 0 Å². The fourth-order valence-electron chi connectivity index (χ4n) is 2.67. The number of carbonyl (C=O) groups is 2. The van der Waals surface area contributed by atoms with Crippen molar-refractivity contribution >= 4 is 39.1 Å². The van der Waals surface area contributed by atoms with Crippen molar-refractivity contribution in [2.24, 2.45) is 5.92 Å². The molecule has 1 aromatic heterocycles. The van der Waals surface area contributed by atoms with Crippen LogP contribution in [0.2, 0.25) is 0 Å². The van der Waals surface area contributed by atoms with Crippen LogP contribution >= 0.6 is 11.8 Å². The number of anilines is 1. The van der Waals surface area contributed by atoms with Crippen molar-refractivity contribution in [3.63, 3.8) is 0 Å². The third-order valence-electron chi connectivity index (χ3n) is 4.36. The highest BCUT2D eigenvalue weighted by molar-refractivity contribution is 7.99. The second-order valence-corrected chi connectivity index (χ2v) is 9.89. The zero-order valence-electron chi connectivity index (χ0n) is 15.7. The van der Waals surface area contributed by atoms with Gasteiger partial charge in [-0.25, -0.2) is 8.42 Å². The van der Waals surface area contributed by atoms with Crippen molar-refractivity contribution in [2.75, 3.05) is 16.8 Å². The third-order valence-corrected chi connectivity index (χ3v) is 7.41. The third kappa shape index (κ3) is 4.96. The average molecular weight is 423 g/mol. The van der Waals surface area contributed by atoms with Crippen LogP contribution in [0.4, 0.5) is 5.69 Å². The van der Waals surface area contributed by atoms with Crippen molar-refractivity contribution in [2.45, 2.75) is 36.6 Å². The molecule has 28 heavy (non-hydrogen) atoms. The molecule has 0 saturated heterocycles. The monoisotopic (exact) mass is 422 g/mol. The van der Waals surface area contributed by atoms with E-state index in [-0.39, 0.29) is 41.3 Å². The van der Waals surface area contributed by atoms with Crippen LogP contribution in [0, 0.1) is 12.8 Å². The minimum atomic E-state index is -3.66. The van der Waals surface area contributed by atoms with Crippen molar-refractivity contribution < 1.29 is 22.4 Å². The first-order chi connectivity index (χ1) is 13.2. The molecule has 0 radical (unpaired) electrons. The number of thioether (sulfide) groups is 1. The zero-order valence-corrected chi connectivity index (χ0v) is 17.3. The summed E-state index contributed by atoms with van der Waals surface area (Å²) in [6, 6.07) is 8.24. The molecular weight excluding hydrogens is 400 g/mol. The van der Waals surface area contributed by atoms with E-state index in [0.717, 1.165) is 10.7 Å². The molecule has 2 heterocycles. The lowest BCUT2D eigenvalue weighted by Gasteiger charge is -2.10. The summed E-state index contributed by atoms with van der Waals surface area (Å²) in [6.45, 7) is 3.85. The Hall–Kier alpha value is -2.26. The predicted molar refractivity (Wildman–Crippen MR) is 107 cm³/mol. The van der Waals surface area contributed by atoms with Crippen molar-refractivity contribution in [3.05, 3.63) is 41.9 Å². The molecule has 1 aromatic carbocycles. The number of nitrogens with one attached hydrogen (secondary N) is 2. The summed E-state index contributed by atoms with van der Waals surface area (Å²) in [4.78, 5) is 24.9. The minimum absolute atomic E-state index is 0.0937. The van der Waals surface area contributed by atoms with E-state index in [1.165, 1.54) is 23.9 Å². The molecule has 0 unspecified atom stereocenters. The largest absolute Gasteiger partial charge is 0.465 e. The Morgan fingerprint density at radius 3 is 2.82 bits per heavy atom. The van der Waals surface area contributed by atoms with Crippen LogP contribution in [0.1, 0.15) is 24.9 Å². The maximum absolute atomic E-state index is 12.6. The Kier molecular flexibility index (Phi) is 6.14. The molecular formula is C19H22N2O5S2. The van der Waals surface area contributed by atoms with Crippen molar-refractivity contribution in [1.29, 1.82) is 0 Å². The summed E-state index contributed by atoms with van der Waals surface area (Å²) in [7, 11) is -3.66. The molecule has 1 aliphatic heterocycles. The Morgan fingerprint density at radius 1 is 1.32 bits per heavy atom. The Balaban J connectivity index is 1.62. The first-order valence-corrected chi connectivity index (χ1v) is 11.5. The van der Waals surface area contributed by atoms with E-state index >= 15 is 0 Å². The van der Waals surface area contributed by atoms with Crippen LogP contribution in [0.3, 0.4) is 0 Å². The fourth-order valence-corrected chi connectivity index (χ4v) is 4.94. The van der Waals surface area contributed by atoms with Crippen LogP contribution in [0.5, 0.6) is 0 Å². The van der Waals surface area contributed by atoms with Gasteiger partial charge in [0.05, 0.1) is 22.9 Å². The van der Waals surface area contributed by atoms with Crippen LogP contribution in [0.25, 0.3) is 0 Å². The molecule has 1 aliphatic rings. The van der Waals surface area contributed by atoms with Crippen LogP contribution in [-0.4, -0.2) is 31.7 Å². The van der Waals surface area contributed by atoms with Gasteiger partial charge in [-0.2, -0.15) is 0 Å². The number of aryl methyl sites for hydroxylation is 1. The zero-order chi connectivity index (χ0) is 20.3. The number of rotatable bonds is 6. The van der Waals surface area contributed by atoms with E-state index in [0.29, 0.717) is 17.2 Å². The topological polar surface area (TPSA) is 105 Å². The highest BCUT2D eigenvalue weighted by atomic mass is 32.2. The smallest absolute Gasteiger partial charge is 0.228 e. The average Bonchev–Trinajstić information content (AvgIpc) is 3.02. The standard InChI is InChI=1S/C19H22N2O5S2/c1-12-11-27-17-6-5-15(9-16(17)21-19(12)23)28(24,25)8-7-18(22)20-10-14-4-3-13(2)26-14/h3-6,9,12H,7-8,10-11H2,1-2H3,(H,20,22)(H,21,23)/t12-/m1/s1. The normalized spacial score (nSPS) is 16.8. The molecule has 2 aromatic rings. The number of hydrogen-bond donors (Lipinski definition) is 2. The molecule has 0 bridgehead atoms. The maximum atomic E-state index is 12.6. The lowest BCUT2D eigenvalue weighted by Crippen LogP contribution is -2.25. The van der Waals surface area contributed by atoms with E-state index in [2.05, 4.69) is 10.6 Å². The van der Waals surface area contributed by atoms with Gasteiger partial charge in [-0.05, 0) is 37.3 Å². The van der Waals surface area contributed by atoms with Crippen molar-refractivity contribution in [3.8, 4) is 0 Å². The molecule has 2 amide bonds. The molecule has 150 valence electrons. The predicted octanol–water partition coefficient (Wildman–Crippen LogP) is 2.75. The Bertz CT molecular complexity index is 998. The lowest BCUT2D eigenvalue weighted by molar-refractivity contribution is -0.121. The second-order valence-electron chi connectivity index (χ2n) is 6.72. The van der Waals surface area contributed by atoms with Gasteiger partial charge < -0.3 is 15.1 Å². The first kappa shape index (κ1) is 20.5. The molecule has 0 fully saturated rings. The highest BCUT2D eigenvalue weighted by Gasteiger charge is 2.23. The van der Waals surface area contributed by atoms with Gasteiger partial charge >= 0.3 is 0 Å². The Labute approximate surface area is 168 Å². The number of carbonyl (C=O) groups excluding carboxylic acids is 2. The summed E-state index contributed by atoms with van der Waals surface area (Å²) in [5.74, 6) is 1.03. The fraction of sp³-hybridized carbons (Fsp3) is 0.368. The molecule has 0 saturated carbocycles. The van der Waals surface area contributed by atoms with E-state index in [1.54, 1.807) is 25.1 Å². The van der Waals surface area contributed by atoms with Gasteiger partial charge in [-0.1, -0.05) is 6.92 Å². The lowest BCUT2D eigenvalue weighted by atomic mass is 10.2. The van der Waals surface area contributed by atoms with E-state index in [1.807, 2.05) is 6.92 Å². The number of hydrogen-bond acceptors (Lipinski definition) is 6. The number of sulfone groups is 1. The molecule has 7 nitrogen and oxygen atoms in total. The van der Waals surface area contributed by atoms with Gasteiger partial charge in [0.1, 0.15) is 11.5 Å². The summed E-state index contributed by atoms with van der Waals surface area (Å²) in [5, 5.41) is 5.42. The number of fused-ring (bicyclic) bond motifs is 1. The van der Waals surface area contributed by atoms with Crippen LogP contribution < -0.4 is 10.6 Å². The molecule has 2 N–H and O–H groups in total. The van der Waals surface area contributed by atoms with E-state index in [9.17, 15) is 18.0 Å². The summed E-state index contributed by atoms with van der Waals surface area (Å²) >= 11 is 1.51. The van der Waals surface area contributed by atoms with Gasteiger partial charge in [-0.3, -0.25) is 9.59 Å². The van der Waals surface area contributed by atoms with Crippen molar-refractivity contribution in [1.82, 2.24) is 5.32 Å². The molecule has 0 aliphatic carbocycles. The SMILES string of the molecule is Cc1ccc(CNC(=O)CCS(=O)(=O)c2ccc3c(c2)NC(=O)[C@H](C)CS3)o1. The summed E-state index contributed by atoms with van der Waals surface area (Å²) in [5.41, 5.74) is 0.498. The maximum Gasteiger partial charge on any atom is 0.228 e. The second kappa shape index (κ2) is 8.40. The summed E-state index contributed by atoms with van der Waals surface area (Å²) in [6.07, 6.45) is -0.156. The van der Waals surface area contributed by atoms with Gasteiger partial charge in [0.15, 0.2) is 9.84 Å². The molecule has 1 atom stereocenters. The first-order valence-electron chi connectivity index (χ1n) is 8.87. The van der Waals surface area contributed by atoms with Gasteiger partial charge in [0.2, 0.25) is 11.8 Å².